The van der Waals surface area contributed by atoms with Gasteiger partial charge in [0.05, 0.1) is 30.3 Å². The molecule has 1 atom stereocenters. The number of nitrogens with one attached hydrogen (secondary N) is 1. The molecule has 0 aliphatic carbocycles. The van der Waals surface area contributed by atoms with Crippen molar-refractivity contribution in [3.8, 4) is 11.5 Å². The lowest BCUT2D eigenvalue weighted by molar-refractivity contribution is -0.138. The summed E-state index contributed by atoms with van der Waals surface area (Å²) >= 11 is 8.01. The molecule has 146 valence electrons. The van der Waals surface area contributed by atoms with Crippen LogP contribution in [0.3, 0.4) is 0 Å². The lowest BCUT2D eigenvalue weighted by Crippen LogP contribution is -2.26. The molecule has 11 heteroatoms. The summed E-state index contributed by atoms with van der Waals surface area (Å²) in [5, 5.41) is 18.8. The molecule has 1 saturated heterocycles. The van der Waals surface area contributed by atoms with Crippen LogP contribution in [0.25, 0.3) is 0 Å². The van der Waals surface area contributed by atoms with Gasteiger partial charge >= 0.3 is 5.97 Å². The van der Waals surface area contributed by atoms with E-state index in [0.29, 0.717) is 39.2 Å². The number of thioether (sulfide) groups is 1. The third kappa shape index (κ3) is 5.69. The Kier molecular flexibility index (Phi) is 8.11. The molecule has 1 aliphatic heterocycles. The fourth-order valence-corrected chi connectivity index (χ4v) is 3.98. The molecule has 0 bridgehead atoms. The molecule has 0 aromatic heterocycles. The monoisotopic (exact) mass is 521 g/mol. The third-order valence-corrected chi connectivity index (χ3v) is 6.44. The molecule has 8 nitrogen and oxygen atoms in total. The van der Waals surface area contributed by atoms with E-state index in [4.69, 9.17) is 14.6 Å². The zero-order valence-electron chi connectivity index (χ0n) is 14.5. The van der Waals surface area contributed by atoms with Crippen molar-refractivity contribution in [2.75, 3.05) is 13.2 Å². The van der Waals surface area contributed by atoms with Crippen molar-refractivity contribution in [2.24, 2.45) is 10.2 Å². The number of benzene rings is 1. The number of nitrogens with zero attached hydrogens (tertiary/aromatic N) is 2. The molecule has 2 rings (SSSR count). The second-order valence-electron chi connectivity index (χ2n) is 5.13. The molecule has 1 fully saturated rings. The molecular formula is C16H17Br2N3O5S. The van der Waals surface area contributed by atoms with Gasteiger partial charge in [-0.2, -0.15) is 5.10 Å². The molecule has 2 N–H and O–H groups in total. The number of hydrogen-bond acceptors (Lipinski definition) is 7. The van der Waals surface area contributed by atoms with Crippen molar-refractivity contribution in [1.82, 2.24) is 5.32 Å². The van der Waals surface area contributed by atoms with Gasteiger partial charge in [0.1, 0.15) is 5.25 Å². The summed E-state index contributed by atoms with van der Waals surface area (Å²) in [4.78, 5) is 22.4. The Balaban J connectivity index is 2.21. The lowest BCUT2D eigenvalue weighted by Gasteiger charge is -2.15. The van der Waals surface area contributed by atoms with Crippen molar-refractivity contribution in [3.05, 3.63) is 20.6 Å². The number of ether oxygens (including phenoxy) is 2. The van der Waals surface area contributed by atoms with Crippen LogP contribution in [-0.2, 0) is 9.59 Å². The summed E-state index contributed by atoms with van der Waals surface area (Å²) in [5.41, 5.74) is 0.689. The van der Waals surface area contributed by atoms with Gasteiger partial charge in [-0.25, -0.2) is 0 Å². The Morgan fingerprint density at radius 2 is 2.04 bits per heavy atom. The van der Waals surface area contributed by atoms with E-state index in [9.17, 15) is 9.59 Å². The third-order valence-electron chi connectivity index (χ3n) is 3.23. The van der Waals surface area contributed by atoms with Crippen LogP contribution in [0, 0.1) is 0 Å². The average Bonchev–Trinajstić information content (AvgIpc) is 2.94. The summed E-state index contributed by atoms with van der Waals surface area (Å²) in [6.45, 7) is 4.72. The maximum Gasteiger partial charge on any atom is 0.305 e. The van der Waals surface area contributed by atoms with E-state index in [1.54, 1.807) is 6.07 Å². The first-order valence-electron chi connectivity index (χ1n) is 7.95. The molecule has 1 unspecified atom stereocenters. The number of carbonyl (C=O) groups is 2. The number of rotatable bonds is 8. The fourth-order valence-electron chi connectivity index (χ4n) is 2.13. The molecule has 27 heavy (non-hydrogen) atoms. The van der Waals surface area contributed by atoms with Crippen LogP contribution in [0.4, 0.5) is 0 Å². The Morgan fingerprint density at radius 3 is 2.67 bits per heavy atom. The van der Waals surface area contributed by atoms with Crippen molar-refractivity contribution < 1.29 is 24.2 Å². The first-order valence-corrected chi connectivity index (χ1v) is 10.4. The predicted molar refractivity (Wildman–Crippen MR) is 111 cm³/mol. The Labute approximate surface area is 177 Å². The van der Waals surface area contributed by atoms with E-state index in [-0.39, 0.29) is 17.5 Å². The second-order valence-corrected chi connectivity index (χ2v) is 7.91. The van der Waals surface area contributed by atoms with E-state index >= 15 is 0 Å². The van der Waals surface area contributed by atoms with Crippen LogP contribution in [0.15, 0.2) is 25.2 Å². The van der Waals surface area contributed by atoms with Gasteiger partial charge in [0.25, 0.3) is 0 Å². The molecule has 1 aliphatic rings. The van der Waals surface area contributed by atoms with E-state index in [1.807, 2.05) is 13.8 Å². The smallest absolute Gasteiger partial charge is 0.305 e. The van der Waals surface area contributed by atoms with Crippen LogP contribution in [0.1, 0.15) is 25.8 Å². The summed E-state index contributed by atoms with van der Waals surface area (Å²) in [7, 11) is 0. The number of halogens is 2. The van der Waals surface area contributed by atoms with Crippen LogP contribution in [0.2, 0.25) is 0 Å². The summed E-state index contributed by atoms with van der Waals surface area (Å²) in [6.07, 6.45) is 1.23. The maximum absolute atomic E-state index is 11.7. The number of amidine groups is 1. The van der Waals surface area contributed by atoms with E-state index in [1.165, 1.54) is 6.21 Å². The zero-order chi connectivity index (χ0) is 20.0. The Bertz CT molecular complexity index is 801. The SMILES string of the molecule is CCOc1cc(C=NN=C2NC(=O)C(CC(=O)O)S2)c(Br)c(Br)c1OCC. The quantitative estimate of drug-likeness (QED) is 0.400. The number of carbonyl (C=O) groups excluding carboxylic acids is 1. The van der Waals surface area contributed by atoms with E-state index in [0.717, 1.165) is 11.8 Å². The fraction of sp³-hybridized carbons (Fsp3) is 0.375. The van der Waals surface area contributed by atoms with Crippen LogP contribution < -0.4 is 14.8 Å². The molecule has 1 aromatic carbocycles. The first kappa shape index (κ1) is 21.7. The van der Waals surface area contributed by atoms with Crippen molar-refractivity contribution in [2.45, 2.75) is 25.5 Å². The molecule has 1 amide bonds. The zero-order valence-corrected chi connectivity index (χ0v) is 18.5. The Morgan fingerprint density at radius 1 is 1.33 bits per heavy atom. The van der Waals surface area contributed by atoms with Gasteiger partial charge in [-0.3, -0.25) is 9.59 Å². The van der Waals surface area contributed by atoms with Gasteiger partial charge in [-0.15, -0.1) is 5.10 Å². The van der Waals surface area contributed by atoms with Gasteiger partial charge in [-0.05, 0) is 51.8 Å². The highest BCUT2D eigenvalue weighted by atomic mass is 79.9. The largest absolute Gasteiger partial charge is 0.490 e. The van der Waals surface area contributed by atoms with Crippen LogP contribution in [0.5, 0.6) is 11.5 Å². The number of aliphatic carboxylic acids is 1. The van der Waals surface area contributed by atoms with Gasteiger partial charge in [0, 0.05) is 10.0 Å². The predicted octanol–water partition coefficient (Wildman–Crippen LogP) is 3.41. The highest BCUT2D eigenvalue weighted by molar-refractivity contribution is 9.13. The highest BCUT2D eigenvalue weighted by Gasteiger charge is 2.32. The number of carboxylic acid groups (broad SMARTS) is 1. The maximum atomic E-state index is 11.7. The van der Waals surface area contributed by atoms with Gasteiger partial charge < -0.3 is 19.9 Å². The second kappa shape index (κ2) is 10.1. The molecular weight excluding hydrogens is 506 g/mol. The van der Waals surface area contributed by atoms with Crippen LogP contribution >= 0.6 is 43.6 Å². The van der Waals surface area contributed by atoms with Crippen LogP contribution in [-0.4, -0.2) is 46.8 Å². The topological polar surface area (TPSA) is 110 Å². The molecule has 1 aromatic rings. The lowest BCUT2D eigenvalue weighted by atomic mass is 10.2. The number of carboxylic acids is 1. The average molecular weight is 523 g/mol. The standard InChI is InChI=1S/C16H17Br2N3O5S/c1-3-25-9-5-8(12(17)13(18)14(9)26-4-2)7-19-21-16-20-15(24)10(27-16)6-11(22)23/h5,7,10H,3-4,6H2,1-2H3,(H,22,23)(H,20,21,24). The van der Waals surface area contributed by atoms with Gasteiger partial charge in [0.15, 0.2) is 16.7 Å². The van der Waals surface area contributed by atoms with Crippen molar-refractivity contribution >= 4 is 66.9 Å². The molecule has 0 spiro atoms. The minimum atomic E-state index is -1.04. The minimum absolute atomic E-state index is 0.258. The summed E-state index contributed by atoms with van der Waals surface area (Å²) < 4.78 is 12.6. The van der Waals surface area contributed by atoms with E-state index < -0.39 is 11.2 Å². The van der Waals surface area contributed by atoms with Gasteiger partial charge in [0.2, 0.25) is 5.91 Å². The highest BCUT2D eigenvalue weighted by Crippen LogP contribution is 2.42. The van der Waals surface area contributed by atoms with Crippen molar-refractivity contribution in [3.63, 3.8) is 0 Å². The minimum Gasteiger partial charge on any atom is -0.490 e. The molecule has 1 heterocycles. The summed E-state index contributed by atoms with van der Waals surface area (Å²) in [5.74, 6) is -0.280. The van der Waals surface area contributed by atoms with Crippen molar-refractivity contribution in [1.29, 1.82) is 0 Å². The molecule has 0 saturated carbocycles. The summed E-state index contributed by atoms with van der Waals surface area (Å²) in [6, 6.07) is 1.76. The van der Waals surface area contributed by atoms with Gasteiger partial charge in [-0.1, -0.05) is 11.8 Å². The number of amides is 1. The first-order chi connectivity index (χ1) is 12.9. The normalized spacial score (nSPS) is 18.1. The van der Waals surface area contributed by atoms with E-state index in [2.05, 4.69) is 47.4 Å². The Hall–Kier alpha value is -1.59. The number of hydrogen-bond donors (Lipinski definition) is 2. The molecule has 0 radical (unpaired) electrons.